The van der Waals surface area contributed by atoms with Gasteiger partial charge in [-0.2, -0.15) is 4.31 Å². The van der Waals surface area contributed by atoms with Crippen molar-refractivity contribution in [2.75, 3.05) is 19.6 Å². The molecule has 6 heteroatoms. The topological polar surface area (TPSA) is 53.5 Å². The molecule has 1 aliphatic carbocycles. The first kappa shape index (κ1) is 16.0. The van der Waals surface area contributed by atoms with E-state index in [9.17, 15) is 8.42 Å². The molecule has 1 aromatic carbocycles. The van der Waals surface area contributed by atoms with Crippen LogP contribution >= 0.6 is 0 Å². The molecule has 0 spiro atoms. The van der Waals surface area contributed by atoms with E-state index >= 15 is 0 Å². The molecule has 0 bridgehead atoms. The van der Waals surface area contributed by atoms with Crippen LogP contribution in [0, 0.1) is 0 Å². The minimum Gasteiger partial charge on any atom is -0.293 e. The molecule has 2 aliphatic rings. The van der Waals surface area contributed by atoms with Crippen molar-refractivity contribution < 1.29 is 8.42 Å². The van der Waals surface area contributed by atoms with Crippen LogP contribution in [-0.2, 0) is 10.0 Å². The quantitative estimate of drug-likeness (QED) is 0.858. The Kier molecular flexibility index (Phi) is 3.67. The van der Waals surface area contributed by atoms with E-state index < -0.39 is 10.0 Å². The lowest BCUT2D eigenvalue weighted by Crippen LogP contribution is -2.56. The standard InChI is InChI=1S/C18H23N3O2S/c1-14-13-20(9-10-21(14)18(2)7-8-18)24(22,23)17-12-19-11-15-5-3-4-6-16(15)17/h3-6,11-12,14H,7-10,13H2,1-2H3/t14-/m0/s1. The van der Waals surface area contributed by atoms with E-state index in [-0.39, 0.29) is 11.6 Å². The van der Waals surface area contributed by atoms with Crippen molar-refractivity contribution in [1.82, 2.24) is 14.2 Å². The van der Waals surface area contributed by atoms with Crippen LogP contribution in [-0.4, -0.2) is 53.8 Å². The maximum atomic E-state index is 13.2. The van der Waals surface area contributed by atoms with Crippen molar-refractivity contribution >= 4 is 20.8 Å². The zero-order chi connectivity index (χ0) is 16.9. The van der Waals surface area contributed by atoms with E-state index in [1.165, 1.54) is 19.0 Å². The molecule has 2 fully saturated rings. The van der Waals surface area contributed by atoms with Crippen LogP contribution in [0.15, 0.2) is 41.6 Å². The fourth-order valence-corrected chi connectivity index (χ4v) is 5.52. The summed E-state index contributed by atoms with van der Waals surface area (Å²) in [6, 6.07) is 7.77. The highest BCUT2D eigenvalue weighted by Gasteiger charge is 2.47. The summed E-state index contributed by atoms with van der Waals surface area (Å²) in [6.45, 7) is 6.30. The predicted octanol–water partition coefficient (Wildman–Crippen LogP) is 2.48. The number of fused-ring (bicyclic) bond motifs is 1. The van der Waals surface area contributed by atoms with Gasteiger partial charge in [-0.15, -0.1) is 0 Å². The smallest absolute Gasteiger partial charge is 0.245 e. The van der Waals surface area contributed by atoms with E-state index in [4.69, 9.17) is 0 Å². The SMILES string of the molecule is C[C@H]1CN(S(=O)(=O)c2cncc3ccccc23)CCN1C1(C)CC1. The summed E-state index contributed by atoms with van der Waals surface area (Å²) < 4.78 is 28.0. The fourth-order valence-electron chi connectivity index (χ4n) is 3.85. The Morgan fingerprint density at radius 1 is 1.17 bits per heavy atom. The van der Waals surface area contributed by atoms with Gasteiger partial charge in [-0.3, -0.25) is 9.88 Å². The van der Waals surface area contributed by atoms with Gasteiger partial charge in [-0.1, -0.05) is 24.3 Å². The summed E-state index contributed by atoms with van der Waals surface area (Å²) in [6.07, 6.45) is 5.63. The van der Waals surface area contributed by atoms with Gasteiger partial charge < -0.3 is 0 Å². The molecule has 128 valence electrons. The van der Waals surface area contributed by atoms with Gasteiger partial charge in [-0.05, 0) is 26.7 Å². The maximum Gasteiger partial charge on any atom is 0.245 e. The Bertz CT molecular complexity index is 871. The molecule has 24 heavy (non-hydrogen) atoms. The Hall–Kier alpha value is -1.50. The molecular formula is C18H23N3O2S. The van der Waals surface area contributed by atoms with Crippen molar-refractivity contribution in [3.05, 3.63) is 36.7 Å². The van der Waals surface area contributed by atoms with Gasteiger partial charge in [0.15, 0.2) is 0 Å². The predicted molar refractivity (Wildman–Crippen MR) is 94.3 cm³/mol. The van der Waals surface area contributed by atoms with E-state index in [2.05, 4.69) is 23.7 Å². The van der Waals surface area contributed by atoms with Crippen molar-refractivity contribution in [3.8, 4) is 0 Å². The fraction of sp³-hybridized carbons (Fsp3) is 0.500. The summed E-state index contributed by atoms with van der Waals surface area (Å²) in [5.74, 6) is 0. The van der Waals surface area contributed by atoms with Crippen molar-refractivity contribution in [2.45, 2.75) is 43.2 Å². The second-order valence-corrected chi connectivity index (χ2v) is 9.17. The lowest BCUT2D eigenvalue weighted by Gasteiger charge is -2.42. The number of hydrogen-bond donors (Lipinski definition) is 0. The third-order valence-electron chi connectivity index (χ3n) is 5.51. The molecule has 0 amide bonds. The maximum absolute atomic E-state index is 13.2. The number of aromatic nitrogens is 1. The Morgan fingerprint density at radius 3 is 2.62 bits per heavy atom. The first-order chi connectivity index (χ1) is 11.4. The Labute approximate surface area is 143 Å². The van der Waals surface area contributed by atoms with E-state index in [1.54, 1.807) is 10.5 Å². The number of benzene rings is 1. The van der Waals surface area contributed by atoms with Crippen LogP contribution < -0.4 is 0 Å². The molecular weight excluding hydrogens is 322 g/mol. The average Bonchev–Trinajstić information content (AvgIpc) is 3.32. The molecule has 5 nitrogen and oxygen atoms in total. The van der Waals surface area contributed by atoms with E-state index in [0.717, 1.165) is 17.3 Å². The van der Waals surface area contributed by atoms with Gasteiger partial charge >= 0.3 is 0 Å². The first-order valence-electron chi connectivity index (χ1n) is 8.51. The molecule has 1 aliphatic heterocycles. The highest BCUT2D eigenvalue weighted by molar-refractivity contribution is 7.89. The minimum absolute atomic E-state index is 0.240. The highest BCUT2D eigenvalue weighted by Crippen LogP contribution is 2.43. The molecule has 4 rings (SSSR count). The molecule has 1 aromatic heterocycles. The van der Waals surface area contributed by atoms with Crippen molar-refractivity contribution in [2.24, 2.45) is 0 Å². The normalized spacial score (nSPS) is 25.0. The molecule has 0 radical (unpaired) electrons. The summed E-state index contributed by atoms with van der Waals surface area (Å²) in [4.78, 5) is 6.93. The van der Waals surface area contributed by atoms with Crippen LogP contribution in [0.3, 0.4) is 0 Å². The van der Waals surface area contributed by atoms with Crippen LogP contribution in [0.2, 0.25) is 0 Å². The lowest BCUT2D eigenvalue weighted by molar-refractivity contribution is 0.0783. The average molecular weight is 345 g/mol. The third kappa shape index (κ3) is 2.53. The second kappa shape index (κ2) is 5.51. The zero-order valence-corrected chi connectivity index (χ0v) is 15.0. The van der Waals surface area contributed by atoms with E-state index in [0.29, 0.717) is 18.0 Å². The molecule has 2 aromatic rings. The van der Waals surface area contributed by atoms with Gasteiger partial charge in [0.2, 0.25) is 10.0 Å². The molecule has 2 heterocycles. The van der Waals surface area contributed by atoms with E-state index in [1.807, 2.05) is 24.3 Å². The van der Waals surface area contributed by atoms with Crippen molar-refractivity contribution in [3.63, 3.8) is 0 Å². The summed E-state index contributed by atoms with van der Waals surface area (Å²) in [5, 5.41) is 1.60. The van der Waals surface area contributed by atoms with Gasteiger partial charge in [0.05, 0.1) is 0 Å². The molecule has 1 saturated heterocycles. The summed E-state index contributed by atoms with van der Waals surface area (Å²) in [7, 11) is -3.53. The minimum atomic E-state index is -3.53. The number of sulfonamides is 1. The van der Waals surface area contributed by atoms with Crippen LogP contribution in [0.4, 0.5) is 0 Å². The molecule has 0 unspecified atom stereocenters. The van der Waals surface area contributed by atoms with Crippen LogP contribution in [0.25, 0.3) is 10.8 Å². The molecule has 0 N–H and O–H groups in total. The lowest BCUT2D eigenvalue weighted by atomic mass is 10.1. The Morgan fingerprint density at radius 2 is 1.92 bits per heavy atom. The first-order valence-corrected chi connectivity index (χ1v) is 9.95. The largest absolute Gasteiger partial charge is 0.293 e. The van der Waals surface area contributed by atoms with Crippen molar-refractivity contribution in [1.29, 1.82) is 0 Å². The van der Waals surface area contributed by atoms with Crippen LogP contribution in [0.1, 0.15) is 26.7 Å². The van der Waals surface area contributed by atoms with Crippen LogP contribution in [0.5, 0.6) is 0 Å². The summed E-state index contributed by atoms with van der Waals surface area (Å²) in [5.41, 5.74) is 0.288. The number of piperazine rings is 1. The molecule has 1 atom stereocenters. The van der Waals surface area contributed by atoms with Gasteiger partial charge in [0, 0.05) is 54.4 Å². The van der Waals surface area contributed by atoms with Gasteiger partial charge in [-0.25, -0.2) is 8.42 Å². The third-order valence-corrected chi connectivity index (χ3v) is 7.40. The summed E-state index contributed by atoms with van der Waals surface area (Å²) >= 11 is 0. The van der Waals surface area contributed by atoms with Gasteiger partial charge in [0.1, 0.15) is 4.90 Å². The second-order valence-electron chi connectivity index (χ2n) is 7.26. The van der Waals surface area contributed by atoms with Gasteiger partial charge in [0.25, 0.3) is 0 Å². The molecule has 1 saturated carbocycles. The monoisotopic (exact) mass is 345 g/mol. The number of pyridine rings is 1. The zero-order valence-electron chi connectivity index (χ0n) is 14.1. The highest BCUT2D eigenvalue weighted by atomic mass is 32.2. The number of nitrogens with zero attached hydrogens (tertiary/aromatic N) is 3. The Balaban J connectivity index is 1.66. The number of hydrogen-bond acceptors (Lipinski definition) is 4. The number of rotatable bonds is 3.